The fourth-order valence-corrected chi connectivity index (χ4v) is 4.90. The number of hydrogen-bond donors (Lipinski definition) is 5. The Bertz CT molecular complexity index is 1540. The number of aryl methyl sites for hydroxylation is 4. The second-order valence-corrected chi connectivity index (χ2v) is 9.03. The van der Waals surface area contributed by atoms with Gasteiger partial charge in [0.05, 0.1) is 22.1 Å². The average molecular weight is 497 g/mol. The van der Waals surface area contributed by atoms with E-state index in [2.05, 4.69) is 62.4 Å². The Hall–Kier alpha value is -4.73. The number of aromatic nitrogens is 5. The average Bonchev–Trinajstić information content (AvgIpc) is 2.85. The van der Waals surface area contributed by atoms with Crippen molar-refractivity contribution in [1.29, 1.82) is 0 Å². The summed E-state index contributed by atoms with van der Waals surface area (Å²) in [7, 11) is 0. The number of nitrogens with two attached hydrogens (primary N) is 3. The van der Waals surface area contributed by atoms with E-state index in [1.807, 2.05) is 48.5 Å². The quantitative estimate of drug-likeness (QED) is 0.224. The highest BCUT2D eigenvalue weighted by molar-refractivity contribution is 5.92. The van der Waals surface area contributed by atoms with Crippen molar-refractivity contribution in [2.24, 2.45) is 0 Å². The lowest BCUT2D eigenvalue weighted by Gasteiger charge is -2.11. The van der Waals surface area contributed by atoms with Crippen LogP contribution in [-0.2, 0) is 13.1 Å². The molecule has 0 radical (unpaired) electrons. The normalized spacial score (nSPS) is 11.2. The lowest BCUT2D eigenvalue weighted by molar-refractivity contribution is -0.674. The van der Waals surface area contributed by atoms with E-state index in [9.17, 15) is 0 Å². The molecule has 0 atom stereocenters. The fraction of sp³-hybridized carbons (Fsp3) is 0.222. The van der Waals surface area contributed by atoms with Crippen molar-refractivity contribution in [1.82, 2.24) is 15.0 Å². The predicted molar refractivity (Wildman–Crippen MR) is 149 cm³/mol. The maximum atomic E-state index is 6.33. The van der Waals surface area contributed by atoms with Gasteiger partial charge in [-0.3, -0.25) is 0 Å². The number of nitrogens with one attached hydrogen (secondary N) is 2. The van der Waals surface area contributed by atoms with Crippen LogP contribution in [0.5, 0.6) is 0 Å². The molecular weight excluding hydrogens is 464 g/mol. The van der Waals surface area contributed by atoms with Gasteiger partial charge in [0, 0.05) is 49.5 Å². The van der Waals surface area contributed by atoms with Crippen LogP contribution in [0.2, 0.25) is 0 Å². The number of rotatable bonds is 6. The molecule has 0 aliphatic rings. The fourth-order valence-electron chi connectivity index (χ4n) is 4.90. The smallest absolute Gasteiger partial charge is 0.233 e. The van der Waals surface area contributed by atoms with E-state index in [0.717, 1.165) is 57.7 Å². The molecule has 0 bridgehead atoms. The van der Waals surface area contributed by atoms with Crippen LogP contribution in [0.25, 0.3) is 21.8 Å². The first kappa shape index (κ1) is 24.0. The van der Waals surface area contributed by atoms with Gasteiger partial charge < -0.3 is 27.8 Å². The number of benzene rings is 2. The summed E-state index contributed by atoms with van der Waals surface area (Å²) in [5, 5.41) is 8.36. The van der Waals surface area contributed by atoms with Gasteiger partial charge in [0.15, 0.2) is 11.4 Å². The van der Waals surface area contributed by atoms with Crippen molar-refractivity contribution in [3.8, 4) is 0 Å². The third-order valence-electron chi connectivity index (χ3n) is 6.57. The van der Waals surface area contributed by atoms with Gasteiger partial charge in [0.1, 0.15) is 13.1 Å². The minimum Gasteiger partial charge on any atom is -0.398 e. The molecule has 0 fully saturated rings. The molecule has 0 aliphatic carbocycles. The highest BCUT2D eigenvalue weighted by Gasteiger charge is 2.17. The van der Waals surface area contributed by atoms with Gasteiger partial charge in [-0.1, -0.05) is 0 Å². The molecule has 8 N–H and O–H groups in total. The second-order valence-electron chi connectivity index (χ2n) is 9.03. The minimum atomic E-state index is 0.0968. The van der Waals surface area contributed by atoms with Gasteiger partial charge in [-0.25, -0.2) is 0 Å². The minimum absolute atomic E-state index is 0.0968. The third kappa shape index (κ3) is 4.49. The van der Waals surface area contributed by atoms with E-state index in [1.165, 1.54) is 0 Å². The molecule has 5 rings (SSSR count). The maximum absolute atomic E-state index is 6.33. The number of anilines is 7. The Balaban J connectivity index is 1.46. The molecular formula is C27H32N10+2. The summed E-state index contributed by atoms with van der Waals surface area (Å²) in [6.07, 6.45) is 0. The Kier molecular flexibility index (Phi) is 6.08. The van der Waals surface area contributed by atoms with Crippen LogP contribution in [0.15, 0.2) is 48.5 Å². The summed E-state index contributed by atoms with van der Waals surface area (Å²) in [6, 6.07) is 16.0. The molecule has 5 aromatic rings. The van der Waals surface area contributed by atoms with E-state index in [0.29, 0.717) is 23.3 Å². The van der Waals surface area contributed by atoms with E-state index < -0.39 is 0 Å². The molecule has 0 amide bonds. The van der Waals surface area contributed by atoms with Crippen LogP contribution in [0.1, 0.15) is 25.2 Å². The highest BCUT2D eigenvalue weighted by atomic mass is 15.2. The predicted octanol–water partition coefficient (Wildman–Crippen LogP) is 3.64. The maximum Gasteiger partial charge on any atom is 0.233 e. The molecule has 10 heteroatoms. The standard InChI is InChI=1S/C27H30N10/c1-5-36-15(3)11-21(28)19-13-17(7-9-23(19)36)31-26-33-25(30)34-27(35-26)32-18-8-10-24-20(14-18)22(29)12-16(4)37(24)6-2/h7-14,28-29H,5-6H2,1-4H3,(H4,30,31,32,33,34,35)/p+2. The molecule has 3 heterocycles. The van der Waals surface area contributed by atoms with Crippen molar-refractivity contribution < 1.29 is 9.13 Å². The Labute approximate surface area is 215 Å². The number of fused-ring (bicyclic) bond motifs is 2. The molecule has 3 aromatic heterocycles. The van der Waals surface area contributed by atoms with Gasteiger partial charge in [0.2, 0.25) is 28.9 Å². The SMILES string of the molecule is CC[n+]1c(C)cc(N)c2cc(Nc3nc(N)nc(Nc4ccc5c(c4)c(N)cc(C)[n+]5CC)n3)ccc21. The molecule has 0 spiro atoms. The van der Waals surface area contributed by atoms with Crippen molar-refractivity contribution in [3.05, 3.63) is 59.9 Å². The first-order valence-corrected chi connectivity index (χ1v) is 12.3. The first-order chi connectivity index (χ1) is 17.8. The number of nitrogen functional groups attached to an aromatic ring is 3. The monoisotopic (exact) mass is 496 g/mol. The Morgan fingerprint density at radius 2 is 1.08 bits per heavy atom. The summed E-state index contributed by atoms with van der Waals surface area (Å²) in [5.74, 6) is 0.741. The van der Waals surface area contributed by atoms with Gasteiger partial charge in [-0.2, -0.15) is 24.1 Å². The van der Waals surface area contributed by atoms with Gasteiger partial charge >= 0.3 is 0 Å². The summed E-state index contributed by atoms with van der Waals surface area (Å²) in [5.41, 5.74) is 26.1. The van der Waals surface area contributed by atoms with E-state index in [4.69, 9.17) is 17.2 Å². The summed E-state index contributed by atoms with van der Waals surface area (Å²) >= 11 is 0. The first-order valence-electron chi connectivity index (χ1n) is 12.3. The molecule has 0 saturated carbocycles. The molecule has 2 aromatic carbocycles. The highest BCUT2D eigenvalue weighted by Crippen LogP contribution is 2.27. The van der Waals surface area contributed by atoms with Crippen molar-refractivity contribution in [3.63, 3.8) is 0 Å². The second kappa shape index (κ2) is 9.38. The van der Waals surface area contributed by atoms with Gasteiger partial charge in [-0.15, -0.1) is 0 Å². The van der Waals surface area contributed by atoms with Crippen LogP contribution in [0, 0.1) is 13.8 Å². The summed E-state index contributed by atoms with van der Waals surface area (Å²) in [6.45, 7) is 10.0. The van der Waals surface area contributed by atoms with Crippen LogP contribution in [0.4, 0.5) is 40.6 Å². The van der Waals surface area contributed by atoms with Crippen LogP contribution in [-0.4, -0.2) is 15.0 Å². The number of hydrogen-bond acceptors (Lipinski definition) is 8. The Morgan fingerprint density at radius 1 is 0.649 bits per heavy atom. The van der Waals surface area contributed by atoms with Gasteiger partial charge in [-0.05, 0) is 38.1 Å². The molecule has 37 heavy (non-hydrogen) atoms. The van der Waals surface area contributed by atoms with Crippen molar-refractivity contribution in [2.75, 3.05) is 27.8 Å². The van der Waals surface area contributed by atoms with E-state index in [-0.39, 0.29) is 5.95 Å². The Morgan fingerprint density at radius 3 is 1.49 bits per heavy atom. The van der Waals surface area contributed by atoms with Crippen molar-refractivity contribution in [2.45, 2.75) is 40.8 Å². The van der Waals surface area contributed by atoms with E-state index in [1.54, 1.807) is 0 Å². The van der Waals surface area contributed by atoms with E-state index >= 15 is 0 Å². The van der Waals surface area contributed by atoms with Crippen LogP contribution >= 0.6 is 0 Å². The molecule has 10 nitrogen and oxygen atoms in total. The van der Waals surface area contributed by atoms with Crippen molar-refractivity contribution >= 4 is 62.4 Å². The zero-order chi connectivity index (χ0) is 26.3. The lowest BCUT2D eigenvalue weighted by Crippen LogP contribution is -2.36. The largest absolute Gasteiger partial charge is 0.398 e. The zero-order valence-corrected chi connectivity index (χ0v) is 21.5. The number of pyridine rings is 2. The lowest BCUT2D eigenvalue weighted by atomic mass is 10.1. The number of nitrogens with zero attached hydrogens (tertiary/aromatic N) is 5. The zero-order valence-electron chi connectivity index (χ0n) is 21.5. The third-order valence-corrected chi connectivity index (χ3v) is 6.57. The molecule has 0 unspecified atom stereocenters. The van der Waals surface area contributed by atoms with Gasteiger partial charge in [0.25, 0.3) is 0 Å². The molecule has 0 saturated heterocycles. The molecule has 188 valence electrons. The summed E-state index contributed by atoms with van der Waals surface area (Å²) in [4.78, 5) is 13.1. The molecule has 0 aliphatic heterocycles. The van der Waals surface area contributed by atoms with Crippen LogP contribution < -0.4 is 37.0 Å². The topological polar surface area (TPSA) is 149 Å². The van der Waals surface area contributed by atoms with Crippen LogP contribution in [0.3, 0.4) is 0 Å². The summed E-state index contributed by atoms with van der Waals surface area (Å²) < 4.78 is 4.44.